The SMILES string of the molecule is CCn1ccnc1C(CC1CCCCO1)NC. The molecule has 2 atom stereocenters. The fourth-order valence-corrected chi connectivity index (χ4v) is 2.51. The lowest BCUT2D eigenvalue weighted by Gasteiger charge is -2.26. The Morgan fingerprint density at radius 3 is 3.12 bits per heavy atom. The van der Waals surface area contributed by atoms with Crippen molar-refractivity contribution < 1.29 is 4.74 Å². The average Bonchev–Trinajstić information content (AvgIpc) is 2.85. The van der Waals surface area contributed by atoms with Crippen molar-refractivity contribution in [2.24, 2.45) is 0 Å². The summed E-state index contributed by atoms with van der Waals surface area (Å²) in [6, 6.07) is 0.299. The van der Waals surface area contributed by atoms with E-state index in [-0.39, 0.29) is 0 Å². The molecule has 1 aromatic heterocycles. The summed E-state index contributed by atoms with van der Waals surface area (Å²) in [6.07, 6.45) is 9.03. The molecule has 0 radical (unpaired) electrons. The van der Waals surface area contributed by atoms with Crippen LogP contribution >= 0.6 is 0 Å². The van der Waals surface area contributed by atoms with Crippen molar-refractivity contribution in [3.8, 4) is 0 Å². The van der Waals surface area contributed by atoms with Gasteiger partial charge < -0.3 is 14.6 Å². The van der Waals surface area contributed by atoms with Crippen LogP contribution in [0.15, 0.2) is 12.4 Å². The van der Waals surface area contributed by atoms with E-state index in [9.17, 15) is 0 Å². The van der Waals surface area contributed by atoms with E-state index in [4.69, 9.17) is 4.74 Å². The maximum atomic E-state index is 5.80. The molecule has 0 aromatic carbocycles. The Morgan fingerprint density at radius 2 is 2.47 bits per heavy atom. The molecule has 96 valence electrons. The molecule has 0 amide bonds. The standard InChI is InChI=1S/C13H23N3O/c1-3-16-8-7-15-13(16)12(14-2)10-11-6-4-5-9-17-11/h7-8,11-12,14H,3-6,9-10H2,1-2H3. The molecule has 0 aliphatic carbocycles. The lowest BCUT2D eigenvalue weighted by molar-refractivity contribution is 0.00478. The molecule has 1 fully saturated rings. The van der Waals surface area contributed by atoms with Gasteiger partial charge in [-0.1, -0.05) is 0 Å². The Labute approximate surface area is 103 Å². The van der Waals surface area contributed by atoms with E-state index in [1.165, 1.54) is 19.3 Å². The van der Waals surface area contributed by atoms with Gasteiger partial charge in [0.15, 0.2) is 0 Å². The van der Waals surface area contributed by atoms with Crippen LogP contribution in [0.2, 0.25) is 0 Å². The molecule has 17 heavy (non-hydrogen) atoms. The molecule has 0 bridgehead atoms. The van der Waals surface area contributed by atoms with Crippen LogP contribution in [0.5, 0.6) is 0 Å². The second-order valence-corrected chi connectivity index (χ2v) is 4.64. The van der Waals surface area contributed by atoms with Crippen molar-refractivity contribution in [3.05, 3.63) is 18.2 Å². The van der Waals surface area contributed by atoms with Gasteiger partial charge in [0.1, 0.15) is 5.82 Å². The molecule has 1 aromatic rings. The second-order valence-electron chi connectivity index (χ2n) is 4.64. The number of imidazole rings is 1. The summed E-state index contributed by atoms with van der Waals surface area (Å²) >= 11 is 0. The van der Waals surface area contributed by atoms with Crippen LogP contribution in [0, 0.1) is 0 Å². The van der Waals surface area contributed by atoms with Gasteiger partial charge in [-0.25, -0.2) is 4.98 Å². The Balaban J connectivity index is 2.00. The molecule has 2 heterocycles. The maximum absolute atomic E-state index is 5.80. The summed E-state index contributed by atoms with van der Waals surface area (Å²) in [5.74, 6) is 1.13. The van der Waals surface area contributed by atoms with Crippen molar-refractivity contribution in [2.45, 2.75) is 51.3 Å². The lowest BCUT2D eigenvalue weighted by Crippen LogP contribution is -2.28. The third-order valence-corrected chi connectivity index (χ3v) is 3.52. The molecule has 0 spiro atoms. The Hall–Kier alpha value is -0.870. The summed E-state index contributed by atoms with van der Waals surface area (Å²) < 4.78 is 8.00. The quantitative estimate of drug-likeness (QED) is 0.852. The van der Waals surface area contributed by atoms with Crippen LogP contribution < -0.4 is 5.32 Å². The van der Waals surface area contributed by atoms with Crippen LogP contribution in [-0.2, 0) is 11.3 Å². The first kappa shape index (κ1) is 12.6. The second kappa shape index (κ2) is 6.17. The van der Waals surface area contributed by atoms with Crippen LogP contribution in [0.4, 0.5) is 0 Å². The first-order chi connectivity index (χ1) is 8.35. The highest BCUT2D eigenvalue weighted by Gasteiger charge is 2.22. The first-order valence-electron chi connectivity index (χ1n) is 6.65. The van der Waals surface area contributed by atoms with E-state index >= 15 is 0 Å². The van der Waals surface area contributed by atoms with Crippen LogP contribution in [0.3, 0.4) is 0 Å². The predicted octanol–water partition coefficient (Wildman–Crippen LogP) is 2.12. The highest BCUT2D eigenvalue weighted by atomic mass is 16.5. The average molecular weight is 237 g/mol. The Bertz CT molecular complexity index is 331. The molecule has 2 rings (SSSR count). The van der Waals surface area contributed by atoms with Gasteiger partial charge in [-0.3, -0.25) is 0 Å². The molecule has 2 unspecified atom stereocenters. The van der Waals surface area contributed by atoms with Gasteiger partial charge in [-0.2, -0.15) is 0 Å². The summed E-state index contributed by atoms with van der Waals surface area (Å²) in [4.78, 5) is 4.47. The van der Waals surface area contributed by atoms with Gasteiger partial charge in [0.2, 0.25) is 0 Å². The highest BCUT2D eigenvalue weighted by molar-refractivity contribution is 5.00. The van der Waals surface area contributed by atoms with Crippen molar-refractivity contribution in [1.29, 1.82) is 0 Å². The van der Waals surface area contributed by atoms with Gasteiger partial charge in [0.25, 0.3) is 0 Å². The fourth-order valence-electron chi connectivity index (χ4n) is 2.51. The Morgan fingerprint density at radius 1 is 1.59 bits per heavy atom. The molecular formula is C13H23N3O. The number of nitrogens with one attached hydrogen (secondary N) is 1. The van der Waals surface area contributed by atoms with Crippen molar-refractivity contribution in [3.63, 3.8) is 0 Å². The fraction of sp³-hybridized carbons (Fsp3) is 0.769. The highest BCUT2D eigenvalue weighted by Crippen LogP contribution is 2.23. The minimum Gasteiger partial charge on any atom is -0.378 e. The van der Waals surface area contributed by atoms with Gasteiger partial charge in [-0.15, -0.1) is 0 Å². The molecule has 4 nitrogen and oxygen atoms in total. The molecule has 1 saturated heterocycles. The third kappa shape index (κ3) is 3.07. The number of hydrogen-bond acceptors (Lipinski definition) is 3. The minimum atomic E-state index is 0.299. The van der Waals surface area contributed by atoms with Crippen LogP contribution in [0.1, 0.15) is 44.5 Å². The van der Waals surface area contributed by atoms with E-state index < -0.39 is 0 Å². The maximum Gasteiger partial charge on any atom is 0.125 e. The molecule has 0 saturated carbocycles. The monoisotopic (exact) mass is 237 g/mol. The number of hydrogen-bond donors (Lipinski definition) is 1. The summed E-state index contributed by atoms with van der Waals surface area (Å²) in [5.41, 5.74) is 0. The number of rotatable bonds is 5. The summed E-state index contributed by atoms with van der Waals surface area (Å²) in [5, 5.41) is 3.36. The zero-order chi connectivity index (χ0) is 12.1. The molecule has 4 heteroatoms. The van der Waals surface area contributed by atoms with Gasteiger partial charge in [0.05, 0.1) is 12.1 Å². The van der Waals surface area contributed by atoms with Crippen LogP contribution in [-0.4, -0.2) is 29.3 Å². The molecule has 1 N–H and O–H groups in total. The van der Waals surface area contributed by atoms with Crippen molar-refractivity contribution in [2.75, 3.05) is 13.7 Å². The van der Waals surface area contributed by atoms with E-state index in [2.05, 4.69) is 21.8 Å². The first-order valence-corrected chi connectivity index (χ1v) is 6.65. The largest absolute Gasteiger partial charge is 0.378 e. The van der Waals surface area contributed by atoms with E-state index in [1.807, 2.05) is 19.4 Å². The molecule has 1 aliphatic rings. The smallest absolute Gasteiger partial charge is 0.125 e. The van der Waals surface area contributed by atoms with Crippen molar-refractivity contribution >= 4 is 0 Å². The van der Waals surface area contributed by atoms with E-state index in [1.54, 1.807) is 0 Å². The normalized spacial score (nSPS) is 22.6. The zero-order valence-electron chi connectivity index (χ0n) is 10.9. The van der Waals surface area contributed by atoms with E-state index in [0.29, 0.717) is 12.1 Å². The number of aromatic nitrogens is 2. The minimum absolute atomic E-state index is 0.299. The predicted molar refractivity (Wildman–Crippen MR) is 67.9 cm³/mol. The zero-order valence-corrected chi connectivity index (χ0v) is 10.9. The lowest BCUT2D eigenvalue weighted by atomic mass is 10.0. The topological polar surface area (TPSA) is 39.1 Å². The molecule has 1 aliphatic heterocycles. The van der Waals surface area contributed by atoms with E-state index in [0.717, 1.165) is 25.4 Å². The molecular weight excluding hydrogens is 214 g/mol. The van der Waals surface area contributed by atoms with Crippen LogP contribution in [0.25, 0.3) is 0 Å². The summed E-state index contributed by atoms with van der Waals surface area (Å²) in [7, 11) is 2.00. The third-order valence-electron chi connectivity index (χ3n) is 3.52. The van der Waals surface area contributed by atoms with Crippen molar-refractivity contribution in [1.82, 2.24) is 14.9 Å². The van der Waals surface area contributed by atoms with Gasteiger partial charge >= 0.3 is 0 Å². The number of nitrogens with zero attached hydrogens (tertiary/aromatic N) is 2. The number of ether oxygens (including phenoxy) is 1. The number of aryl methyl sites for hydroxylation is 1. The van der Waals surface area contributed by atoms with Gasteiger partial charge in [-0.05, 0) is 39.7 Å². The van der Waals surface area contributed by atoms with Gasteiger partial charge in [0, 0.05) is 25.5 Å². The Kier molecular flexibility index (Phi) is 4.57. The summed E-state index contributed by atoms with van der Waals surface area (Å²) in [6.45, 7) is 4.04.